The van der Waals surface area contributed by atoms with Crippen molar-refractivity contribution in [2.75, 3.05) is 26.4 Å². The van der Waals surface area contributed by atoms with Crippen molar-refractivity contribution in [3.05, 3.63) is 53.3 Å². The van der Waals surface area contributed by atoms with Gasteiger partial charge in [-0.1, -0.05) is 0 Å². The van der Waals surface area contributed by atoms with Gasteiger partial charge in [0.1, 0.15) is 11.5 Å². The van der Waals surface area contributed by atoms with E-state index in [4.69, 9.17) is 19.7 Å². The number of aliphatic hydroxyl groups is 2. The highest BCUT2D eigenvalue weighted by Crippen LogP contribution is 2.38. The minimum Gasteiger partial charge on any atom is -0.491 e. The summed E-state index contributed by atoms with van der Waals surface area (Å²) in [7, 11) is 0. The lowest BCUT2D eigenvalue weighted by Gasteiger charge is -2.14. The standard InChI is InChI=1S/C19H20Br4O4/c20-14-8-12(9-15(21)18(14)26-5-1-3-24)7-13-10-16(22)19(17(23)11-13)27-6-2-4-25/h8-11,24-25H,1-7H2. The Balaban J connectivity index is 2.14. The topological polar surface area (TPSA) is 58.9 Å². The van der Waals surface area contributed by atoms with Gasteiger partial charge in [0.15, 0.2) is 0 Å². The van der Waals surface area contributed by atoms with Crippen LogP contribution < -0.4 is 9.47 Å². The fraction of sp³-hybridized carbons (Fsp3) is 0.368. The molecular formula is C19H20Br4O4. The maximum absolute atomic E-state index is 8.88. The quantitative estimate of drug-likeness (QED) is 0.323. The highest BCUT2D eigenvalue weighted by molar-refractivity contribution is 9.11. The van der Waals surface area contributed by atoms with Gasteiger partial charge in [0, 0.05) is 26.1 Å². The predicted molar refractivity (Wildman–Crippen MR) is 121 cm³/mol. The molecule has 4 nitrogen and oxygen atoms in total. The molecule has 0 aromatic heterocycles. The highest BCUT2D eigenvalue weighted by Gasteiger charge is 2.13. The monoisotopic (exact) mass is 628 g/mol. The SMILES string of the molecule is OCCCOc1c(Br)cc(Cc2cc(Br)c(OCCCO)c(Br)c2)cc1Br. The van der Waals surface area contributed by atoms with Gasteiger partial charge in [-0.3, -0.25) is 0 Å². The molecule has 2 N–H and O–H groups in total. The average molecular weight is 632 g/mol. The van der Waals surface area contributed by atoms with Crippen LogP contribution in [0.3, 0.4) is 0 Å². The van der Waals surface area contributed by atoms with Crippen molar-refractivity contribution in [3.8, 4) is 11.5 Å². The molecule has 0 bridgehead atoms. The molecule has 0 heterocycles. The predicted octanol–water partition coefficient (Wildman–Crippen LogP) is 5.85. The molecule has 0 radical (unpaired) electrons. The van der Waals surface area contributed by atoms with Crippen LogP contribution >= 0.6 is 63.7 Å². The second-order valence-corrected chi connectivity index (χ2v) is 9.22. The van der Waals surface area contributed by atoms with E-state index in [2.05, 4.69) is 63.7 Å². The van der Waals surface area contributed by atoms with Gasteiger partial charge >= 0.3 is 0 Å². The molecular weight excluding hydrogens is 612 g/mol. The molecule has 0 saturated carbocycles. The van der Waals surface area contributed by atoms with Gasteiger partial charge < -0.3 is 19.7 Å². The van der Waals surface area contributed by atoms with Crippen LogP contribution in [0.25, 0.3) is 0 Å². The molecule has 148 valence electrons. The molecule has 8 heteroatoms. The van der Waals surface area contributed by atoms with Crippen molar-refractivity contribution < 1.29 is 19.7 Å². The van der Waals surface area contributed by atoms with E-state index in [1.165, 1.54) is 0 Å². The van der Waals surface area contributed by atoms with Gasteiger partial charge in [0.25, 0.3) is 0 Å². The second kappa shape index (κ2) is 11.8. The molecule has 0 aliphatic heterocycles. The highest BCUT2D eigenvalue weighted by atomic mass is 79.9. The maximum Gasteiger partial charge on any atom is 0.147 e. The Bertz CT molecular complexity index is 658. The summed E-state index contributed by atoms with van der Waals surface area (Å²) in [6, 6.07) is 8.14. The van der Waals surface area contributed by atoms with Gasteiger partial charge in [-0.25, -0.2) is 0 Å². The summed E-state index contributed by atoms with van der Waals surface area (Å²) in [5.74, 6) is 1.48. The number of hydrogen-bond donors (Lipinski definition) is 2. The number of halogens is 4. The van der Waals surface area contributed by atoms with Crippen molar-refractivity contribution >= 4 is 63.7 Å². The molecule has 0 amide bonds. The molecule has 2 aromatic carbocycles. The first-order valence-corrected chi connectivity index (χ1v) is 11.6. The van der Waals surface area contributed by atoms with Crippen molar-refractivity contribution in [1.29, 1.82) is 0 Å². The fourth-order valence-electron chi connectivity index (χ4n) is 2.42. The molecule has 0 aliphatic carbocycles. The molecule has 0 aliphatic rings. The van der Waals surface area contributed by atoms with Crippen molar-refractivity contribution in [3.63, 3.8) is 0 Å². The van der Waals surface area contributed by atoms with E-state index in [0.29, 0.717) is 26.1 Å². The Morgan fingerprint density at radius 1 is 0.630 bits per heavy atom. The Morgan fingerprint density at radius 3 is 1.26 bits per heavy atom. The van der Waals surface area contributed by atoms with Crippen LogP contribution in [0.2, 0.25) is 0 Å². The van der Waals surface area contributed by atoms with E-state index >= 15 is 0 Å². The zero-order valence-electron chi connectivity index (χ0n) is 14.5. The third-order valence-corrected chi connectivity index (χ3v) is 5.98. The molecule has 0 fully saturated rings. The molecule has 2 rings (SSSR count). The number of rotatable bonds is 10. The molecule has 0 atom stereocenters. The van der Waals surface area contributed by atoms with Crippen LogP contribution in [0.1, 0.15) is 24.0 Å². The van der Waals surface area contributed by atoms with Gasteiger partial charge in [-0.05, 0) is 106 Å². The van der Waals surface area contributed by atoms with E-state index < -0.39 is 0 Å². The first-order chi connectivity index (χ1) is 13.0. The van der Waals surface area contributed by atoms with Crippen LogP contribution in [0.5, 0.6) is 11.5 Å². The van der Waals surface area contributed by atoms with Crippen LogP contribution in [0, 0.1) is 0 Å². The first kappa shape index (κ1) is 23.2. The summed E-state index contributed by atoms with van der Waals surface area (Å²) < 4.78 is 14.9. The Hall–Kier alpha value is -0.120. The summed E-state index contributed by atoms with van der Waals surface area (Å²) in [4.78, 5) is 0. The Morgan fingerprint density at radius 2 is 0.963 bits per heavy atom. The second-order valence-electron chi connectivity index (χ2n) is 5.81. The molecule has 0 spiro atoms. The van der Waals surface area contributed by atoms with E-state index in [0.717, 1.165) is 46.9 Å². The number of ether oxygens (including phenoxy) is 2. The third-order valence-electron chi connectivity index (χ3n) is 3.62. The van der Waals surface area contributed by atoms with Crippen molar-refractivity contribution in [1.82, 2.24) is 0 Å². The number of hydrogen-bond acceptors (Lipinski definition) is 4. The molecule has 0 saturated heterocycles. The average Bonchev–Trinajstić information content (AvgIpc) is 2.60. The zero-order valence-corrected chi connectivity index (χ0v) is 20.8. The maximum atomic E-state index is 8.88. The van der Waals surface area contributed by atoms with Crippen LogP contribution in [0.4, 0.5) is 0 Å². The lowest BCUT2D eigenvalue weighted by atomic mass is 10.0. The Labute approximate surface area is 192 Å². The molecule has 27 heavy (non-hydrogen) atoms. The number of aliphatic hydroxyl groups excluding tert-OH is 2. The molecule has 0 unspecified atom stereocenters. The molecule has 2 aromatic rings. The normalized spacial score (nSPS) is 10.9. The number of benzene rings is 2. The van der Waals surface area contributed by atoms with Crippen LogP contribution in [-0.2, 0) is 6.42 Å². The minimum absolute atomic E-state index is 0.108. The van der Waals surface area contributed by atoms with E-state index in [1.54, 1.807) is 0 Å². The summed E-state index contributed by atoms with van der Waals surface area (Å²) in [5.41, 5.74) is 2.24. The van der Waals surface area contributed by atoms with E-state index in [9.17, 15) is 0 Å². The lowest BCUT2D eigenvalue weighted by Crippen LogP contribution is -2.02. The summed E-state index contributed by atoms with van der Waals surface area (Å²) in [6.45, 7) is 1.14. The summed E-state index contributed by atoms with van der Waals surface area (Å²) >= 11 is 14.3. The van der Waals surface area contributed by atoms with E-state index in [1.807, 2.05) is 24.3 Å². The fourth-order valence-corrected chi connectivity index (χ4v) is 5.44. The largest absolute Gasteiger partial charge is 0.491 e. The van der Waals surface area contributed by atoms with Gasteiger partial charge in [-0.2, -0.15) is 0 Å². The summed E-state index contributed by atoms with van der Waals surface area (Å²) in [5, 5.41) is 17.8. The van der Waals surface area contributed by atoms with Crippen LogP contribution in [0.15, 0.2) is 42.2 Å². The van der Waals surface area contributed by atoms with Gasteiger partial charge in [-0.15, -0.1) is 0 Å². The summed E-state index contributed by atoms with van der Waals surface area (Å²) in [6.07, 6.45) is 1.92. The smallest absolute Gasteiger partial charge is 0.147 e. The van der Waals surface area contributed by atoms with Gasteiger partial charge in [0.05, 0.1) is 31.1 Å². The third kappa shape index (κ3) is 7.01. The Kier molecular flexibility index (Phi) is 10.1. The first-order valence-electron chi connectivity index (χ1n) is 8.39. The lowest BCUT2D eigenvalue weighted by molar-refractivity contribution is 0.232. The minimum atomic E-state index is 0.108. The van der Waals surface area contributed by atoms with Crippen molar-refractivity contribution in [2.45, 2.75) is 19.3 Å². The van der Waals surface area contributed by atoms with E-state index in [-0.39, 0.29) is 13.2 Å². The zero-order chi connectivity index (χ0) is 19.8. The van der Waals surface area contributed by atoms with Crippen LogP contribution in [-0.4, -0.2) is 36.6 Å². The van der Waals surface area contributed by atoms with Crippen molar-refractivity contribution in [2.24, 2.45) is 0 Å². The van der Waals surface area contributed by atoms with Gasteiger partial charge in [0.2, 0.25) is 0 Å².